The van der Waals surface area contributed by atoms with Gasteiger partial charge in [0.15, 0.2) is 0 Å². The number of fused-ring (bicyclic) bond motifs is 1. The second kappa shape index (κ2) is 3.49. The van der Waals surface area contributed by atoms with Gasteiger partial charge in [-0.2, -0.15) is 0 Å². The molecule has 0 radical (unpaired) electrons. The van der Waals surface area contributed by atoms with Crippen molar-refractivity contribution in [3.05, 3.63) is 33.7 Å². The Bertz CT molecular complexity index is 414. The highest BCUT2D eigenvalue weighted by atomic mass is 16.1. The molecule has 0 saturated heterocycles. The summed E-state index contributed by atoms with van der Waals surface area (Å²) in [4.78, 5) is 16.5. The van der Waals surface area contributed by atoms with Crippen molar-refractivity contribution in [3.63, 3.8) is 0 Å². The van der Waals surface area contributed by atoms with E-state index in [4.69, 9.17) is 0 Å². The van der Waals surface area contributed by atoms with Crippen LogP contribution in [0.5, 0.6) is 0 Å². The van der Waals surface area contributed by atoms with Gasteiger partial charge in [0.1, 0.15) is 0 Å². The molecule has 0 aliphatic carbocycles. The topological polar surface area (TPSA) is 36.1 Å². The van der Waals surface area contributed by atoms with Gasteiger partial charge in [-0.15, -0.1) is 0 Å². The van der Waals surface area contributed by atoms with E-state index in [2.05, 4.69) is 30.7 Å². The maximum Gasteiger partial charge on any atom is 0.248 e. The van der Waals surface area contributed by atoms with Crippen molar-refractivity contribution in [2.75, 3.05) is 6.54 Å². The van der Waals surface area contributed by atoms with E-state index in [9.17, 15) is 4.79 Å². The fourth-order valence-corrected chi connectivity index (χ4v) is 2.02. The van der Waals surface area contributed by atoms with Gasteiger partial charge in [0, 0.05) is 36.8 Å². The van der Waals surface area contributed by atoms with Gasteiger partial charge in [-0.1, -0.05) is 6.07 Å². The minimum Gasteiger partial charge on any atom is -0.326 e. The third-order valence-corrected chi connectivity index (χ3v) is 3.04. The SMILES string of the molecule is CC(C)(C)N1CCc2[nH]c(=O)ccc2C1. The number of aromatic nitrogens is 1. The van der Waals surface area contributed by atoms with Gasteiger partial charge in [-0.25, -0.2) is 0 Å². The Morgan fingerprint density at radius 1 is 1.33 bits per heavy atom. The maximum absolute atomic E-state index is 11.2. The lowest BCUT2D eigenvalue weighted by Gasteiger charge is -2.38. The standard InChI is InChI=1S/C12H18N2O/c1-12(2,3)14-7-6-10-9(8-14)4-5-11(15)13-10/h4-5H,6-8H2,1-3H3,(H,13,15). The largest absolute Gasteiger partial charge is 0.326 e. The molecule has 1 aliphatic rings. The highest BCUT2D eigenvalue weighted by molar-refractivity contribution is 5.22. The summed E-state index contributed by atoms with van der Waals surface area (Å²) >= 11 is 0. The van der Waals surface area contributed by atoms with Crippen molar-refractivity contribution in [3.8, 4) is 0 Å². The number of pyridine rings is 1. The third kappa shape index (κ3) is 2.12. The van der Waals surface area contributed by atoms with Crippen molar-refractivity contribution < 1.29 is 0 Å². The Kier molecular flexibility index (Phi) is 2.43. The summed E-state index contributed by atoms with van der Waals surface area (Å²) in [5.74, 6) is 0. The molecule has 0 aromatic carbocycles. The van der Waals surface area contributed by atoms with Crippen molar-refractivity contribution >= 4 is 0 Å². The Balaban J connectivity index is 2.28. The number of hydrogen-bond donors (Lipinski definition) is 1. The molecule has 0 fully saturated rings. The number of aromatic amines is 1. The van der Waals surface area contributed by atoms with Gasteiger partial charge in [0.05, 0.1) is 0 Å². The van der Waals surface area contributed by atoms with Gasteiger partial charge < -0.3 is 4.98 Å². The molecule has 0 spiro atoms. The van der Waals surface area contributed by atoms with E-state index >= 15 is 0 Å². The van der Waals surface area contributed by atoms with E-state index in [1.807, 2.05) is 6.07 Å². The van der Waals surface area contributed by atoms with E-state index < -0.39 is 0 Å². The molecule has 1 N–H and O–H groups in total. The maximum atomic E-state index is 11.2. The van der Waals surface area contributed by atoms with Crippen molar-refractivity contribution in [1.29, 1.82) is 0 Å². The van der Waals surface area contributed by atoms with Crippen molar-refractivity contribution in [2.45, 2.75) is 39.3 Å². The fraction of sp³-hybridized carbons (Fsp3) is 0.583. The van der Waals surface area contributed by atoms with Crippen LogP contribution in [0.4, 0.5) is 0 Å². The first-order valence-corrected chi connectivity index (χ1v) is 5.43. The molecule has 0 bridgehead atoms. The molecule has 0 unspecified atom stereocenters. The lowest BCUT2D eigenvalue weighted by Crippen LogP contribution is -2.44. The minimum atomic E-state index is 0.0120. The van der Waals surface area contributed by atoms with Crippen LogP contribution in [0.25, 0.3) is 0 Å². The summed E-state index contributed by atoms with van der Waals surface area (Å²) in [7, 11) is 0. The molecule has 15 heavy (non-hydrogen) atoms. The quantitative estimate of drug-likeness (QED) is 0.699. The predicted molar refractivity (Wildman–Crippen MR) is 60.9 cm³/mol. The van der Waals surface area contributed by atoms with Crippen molar-refractivity contribution in [2.24, 2.45) is 0 Å². The first-order chi connectivity index (χ1) is 6.97. The number of nitrogens with one attached hydrogen (secondary N) is 1. The first-order valence-electron chi connectivity index (χ1n) is 5.43. The number of H-pyrrole nitrogens is 1. The average Bonchev–Trinajstić information content (AvgIpc) is 2.15. The van der Waals surface area contributed by atoms with Crippen LogP contribution in [0.2, 0.25) is 0 Å². The summed E-state index contributed by atoms with van der Waals surface area (Å²) in [6, 6.07) is 3.57. The third-order valence-electron chi connectivity index (χ3n) is 3.04. The fourth-order valence-electron chi connectivity index (χ4n) is 2.02. The highest BCUT2D eigenvalue weighted by Gasteiger charge is 2.25. The molecule has 1 aliphatic heterocycles. The van der Waals surface area contributed by atoms with E-state index in [0.29, 0.717) is 0 Å². The van der Waals surface area contributed by atoms with Gasteiger partial charge >= 0.3 is 0 Å². The lowest BCUT2D eigenvalue weighted by molar-refractivity contribution is 0.119. The van der Waals surface area contributed by atoms with E-state index in [0.717, 1.165) is 25.2 Å². The van der Waals surface area contributed by atoms with Crippen LogP contribution < -0.4 is 5.56 Å². The molecule has 0 atom stereocenters. The van der Waals surface area contributed by atoms with Gasteiger partial charge in [0.2, 0.25) is 5.56 Å². The molecule has 3 nitrogen and oxygen atoms in total. The Hall–Kier alpha value is -1.09. The second-order valence-electron chi connectivity index (χ2n) is 5.17. The van der Waals surface area contributed by atoms with E-state index in [1.165, 1.54) is 5.56 Å². The molecule has 1 aromatic rings. The second-order valence-corrected chi connectivity index (χ2v) is 5.17. The number of nitrogens with zero attached hydrogens (tertiary/aromatic N) is 1. The molecule has 2 heterocycles. The molecule has 0 amide bonds. The average molecular weight is 206 g/mol. The van der Waals surface area contributed by atoms with Crippen LogP contribution in [-0.4, -0.2) is 22.0 Å². The number of rotatable bonds is 0. The minimum absolute atomic E-state index is 0.0120. The monoisotopic (exact) mass is 206 g/mol. The predicted octanol–water partition coefficient (Wildman–Crippen LogP) is 1.53. The Labute approximate surface area is 90.1 Å². The summed E-state index contributed by atoms with van der Waals surface area (Å²) in [6.07, 6.45) is 0.947. The zero-order valence-electron chi connectivity index (χ0n) is 9.63. The summed E-state index contributed by atoms with van der Waals surface area (Å²) in [5, 5.41) is 0. The highest BCUT2D eigenvalue weighted by Crippen LogP contribution is 2.22. The molecule has 2 rings (SSSR count). The summed E-state index contributed by atoms with van der Waals surface area (Å²) < 4.78 is 0. The van der Waals surface area contributed by atoms with Crippen LogP contribution in [0.1, 0.15) is 32.0 Å². The molecular formula is C12H18N2O. The smallest absolute Gasteiger partial charge is 0.248 e. The molecular weight excluding hydrogens is 188 g/mol. The molecule has 1 aromatic heterocycles. The first kappa shape index (κ1) is 10.4. The summed E-state index contributed by atoms with van der Waals surface area (Å²) in [6.45, 7) is 8.64. The Morgan fingerprint density at radius 3 is 2.73 bits per heavy atom. The normalized spacial score (nSPS) is 17.5. The van der Waals surface area contributed by atoms with Gasteiger partial charge in [-0.3, -0.25) is 9.69 Å². The van der Waals surface area contributed by atoms with Crippen molar-refractivity contribution in [1.82, 2.24) is 9.88 Å². The summed E-state index contributed by atoms with van der Waals surface area (Å²) in [5.41, 5.74) is 2.59. The van der Waals surface area contributed by atoms with E-state index in [-0.39, 0.29) is 11.1 Å². The van der Waals surface area contributed by atoms with Crippen LogP contribution >= 0.6 is 0 Å². The molecule has 0 saturated carbocycles. The van der Waals surface area contributed by atoms with Crippen LogP contribution in [-0.2, 0) is 13.0 Å². The Morgan fingerprint density at radius 2 is 2.07 bits per heavy atom. The zero-order chi connectivity index (χ0) is 11.1. The van der Waals surface area contributed by atoms with Gasteiger partial charge in [-0.05, 0) is 26.3 Å². The van der Waals surface area contributed by atoms with Gasteiger partial charge in [0.25, 0.3) is 0 Å². The van der Waals surface area contributed by atoms with Crippen LogP contribution in [0.15, 0.2) is 16.9 Å². The lowest BCUT2D eigenvalue weighted by atomic mass is 9.99. The van der Waals surface area contributed by atoms with Crippen LogP contribution in [0.3, 0.4) is 0 Å². The van der Waals surface area contributed by atoms with E-state index in [1.54, 1.807) is 6.07 Å². The van der Waals surface area contributed by atoms with Crippen LogP contribution in [0, 0.1) is 0 Å². The zero-order valence-corrected chi connectivity index (χ0v) is 9.63. The number of hydrogen-bond acceptors (Lipinski definition) is 2. The molecule has 82 valence electrons. The molecule has 3 heteroatoms.